The van der Waals surface area contributed by atoms with E-state index in [1.807, 2.05) is 13.8 Å². The maximum Gasteiger partial charge on any atom is 0.331 e. The van der Waals surface area contributed by atoms with Crippen LogP contribution in [0.25, 0.3) is 0 Å². The van der Waals surface area contributed by atoms with Crippen LogP contribution in [0.5, 0.6) is 0 Å². The third-order valence-corrected chi connectivity index (χ3v) is 3.14. The van der Waals surface area contributed by atoms with Crippen molar-refractivity contribution < 1.29 is 8.42 Å². The van der Waals surface area contributed by atoms with Crippen LogP contribution in [0.4, 0.5) is 0 Å². The monoisotopic (exact) mass is 182 g/mol. The molecule has 0 aliphatic heterocycles. The van der Waals surface area contributed by atoms with E-state index >= 15 is 0 Å². The lowest BCUT2D eigenvalue weighted by Crippen LogP contribution is -1.99. The number of rotatable bonds is 3. The summed E-state index contributed by atoms with van der Waals surface area (Å²) in [6.45, 7) is 5.39. The van der Waals surface area contributed by atoms with Gasteiger partial charge in [0.2, 0.25) is 5.25 Å². The van der Waals surface area contributed by atoms with Crippen LogP contribution in [0.3, 0.4) is 0 Å². The number of nitrogens with zero attached hydrogens (tertiary/aromatic N) is 1. The normalized spacial score (nSPS) is 13.2. The molecule has 0 aliphatic carbocycles. The van der Waals surface area contributed by atoms with E-state index in [0.29, 0.717) is 0 Å². The van der Waals surface area contributed by atoms with Gasteiger partial charge in [-0.1, -0.05) is 0 Å². The first-order valence-corrected chi connectivity index (χ1v) is 5.53. The molecule has 0 rings (SSSR count). The van der Waals surface area contributed by atoms with E-state index in [1.54, 1.807) is 6.92 Å². The van der Waals surface area contributed by atoms with Gasteiger partial charge in [0.1, 0.15) is 3.77 Å². The van der Waals surface area contributed by atoms with Crippen LogP contribution in [-0.2, 0) is 21.6 Å². The zero-order valence-corrected chi connectivity index (χ0v) is 8.00. The van der Waals surface area contributed by atoms with Crippen molar-refractivity contribution in [1.29, 1.82) is 0 Å². The van der Waals surface area contributed by atoms with Crippen molar-refractivity contribution in [3.05, 3.63) is 0 Å². The van der Waals surface area contributed by atoms with Crippen molar-refractivity contribution >= 4 is 21.6 Å². The Morgan fingerprint density at radius 2 is 2.00 bits per heavy atom. The summed E-state index contributed by atoms with van der Waals surface area (Å²) in [5.74, 6) is 0.0900. The van der Waals surface area contributed by atoms with Crippen LogP contribution in [0, 0.1) is 0 Å². The average molecular weight is 182 g/mol. The van der Waals surface area contributed by atoms with E-state index in [9.17, 15) is 8.42 Å². The maximum absolute atomic E-state index is 10.7. The third kappa shape index (κ3) is 4.81. The Morgan fingerprint density at radius 1 is 1.50 bits per heavy atom. The molecular weight excluding hydrogens is 170 g/mol. The van der Waals surface area contributed by atoms with Gasteiger partial charge < -0.3 is 0 Å². The molecule has 0 aromatic heterocycles. The molecule has 5 heteroatoms. The highest BCUT2D eigenvalue weighted by Crippen LogP contribution is 1.93. The fourth-order valence-electron chi connectivity index (χ4n) is 0.204. The van der Waals surface area contributed by atoms with E-state index in [0.717, 1.165) is 11.6 Å². The molecule has 0 radical (unpaired) electrons. The van der Waals surface area contributed by atoms with Crippen molar-refractivity contribution in [3.63, 3.8) is 0 Å². The van der Waals surface area contributed by atoms with Gasteiger partial charge in [-0.3, -0.25) is 0 Å². The summed E-state index contributed by atoms with van der Waals surface area (Å²) < 4.78 is 24.9. The van der Waals surface area contributed by atoms with Crippen LogP contribution in [0.15, 0.2) is 3.77 Å². The van der Waals surface area contributed by atoms with E-state index in [2.05, 4.69) is 3.77 Å². The first-order chi connectivity index (χ1) is 4.48. The van der Waals surface area contributed by atoms with Gasteiger partial charge in [-0.15, -0.1) is 0 Å². The van der Waals surface area contributed by atoms with Crippen LogP contribution in [0.2, 0.25) is 0 Å². The Labute approximate surface area is 66.0 Å². The van der Waals surface area contributed by atoms with Gasteiger partial charge in [0.05, 0.1) is 5.75 Å². The smallest absolute Gasteiger partial charge is 0.200 e. The first-order valence-electron chi connectivity index (χ1n) is 3.08. The molecule has 0 spiro atoms. The fraction of sp³-hybridized carbons (Fsp3) is 1.00. The van der Waals surface area contributed by atoms with Crippen molar-refractivity contribution in [2.45, 2.75) is 26.0 Å². The minimum Gasteiger partial charge on any atom is -0.200 e. The molecule has 0 heterocycles. The summed E-state index contributed by atoms with van der Waals surface area (Å²) in [4.78, 5) is 0. The van der Waals surface area contributed by atoms with E-state index in [1.165, 1.54) is 0 Å². The van der Waals surface area contributed by atoms with Crippen molar-refractivity contribution in [1.82, 2.24) is 0 Å². The highest BCUT2D eigenvalue weighted by molar-refractivity contribution is 7.95. The third-order valence-electron chi connectivity index (χ3n) is 0.732. The zero-order valence-electron chi connectivity index (χ0n) is 6.36. The molecule has 0 bridgehead atoms. The highest BCUT2D eigenvalue weighted by Gasteiger charge is 2.12. The van der Waals surface area contributed by atoms with Crippen molar-refractivity contribution in [2.75, 3.05) is 5.75 Å². The highest BCUT2D eigenvalue weighted by atomic mass is 32.2. The number of hydrogen-bond donors (Lipinski definition) is 0. The average Bonchev–Trinajstić information content (AvgIpc) is 1.85. The lowest BCUT2D eigenvalue weighted by Gasteiger charge is -1.80. The summed E-state index contributed by atoms with van der Waals surface area (Å²) in [6.07, 6.45) is 0. The molecule has 0 saturated heterocycles. The second kappa shape index (κ2) is 3.98. The molecular formula is C5H12NO2S2+. The standard InChI is InChI=1S/C5H12NO2S2/c1-4-10(7,8)6-9-5(2)3/h5H,4H2,1-3H3/q+1. The SMILES string of the molecule is CCS(=O)(=O)N=[S+]C(C)C. The molecule has 3 nitrogen and oxygen atoms in total. The Morgan fingerprint density at radius 3 is 2.30 bits per heavy atom. The van der Waals surface area contributed by atoms with E-state index in [-0.39, 0.29) is 11.0 Å². The first kappa shape index (κ1) is 9.97. The van der Waals surface area contributed by atoms with Crippen LogP contribution in [-0.4, -0.2) is 19.4 Å². The van der Waals surface area contributed by atoms with Crippen molar-refractivity contribution in [3.8, 4) is 0 Å². The summed E-state index contributed by atoms with van der Waals surface area (Å²) >= 11 is 1.10. The van der Waals surface area contributed by atoms with Gasteiger partial charge in [0.25, 0.3) is 0 Å². The largest absolute Gasteiger partial charge is 0.331 e. The molecule has 0 fully saturated rings. The minimum absolute atomic E-state index is 0.0900. The molecule has 0 N–H and O–H groups in total. The van der Waals surface area contributed by atoms with Gasteiger partial charge in [-0.25, -0.2) is 8.42 Å². The molecule has 0 amide bonds. The molecule has 0 unspecified atom stereocenters. The summed E-state index contributed by atoms with van der Waals surface area (Å²) in [5, 5.41) is 0.237. The predicted octanol–water partition coefficient (Wildman–Crippen LogP) is 1.01. The van der Waals surface area contributed by atoms with Crippen LogP contribution >= 0.6 is 0 Å². The maximum atomic E-state index is 10.7. The second-order valence-electron chi connectivity index (χ2n) is 2.10. The fourth-order valence-corrected chi connectivity index (χ4v) is 1.84. The lowest BCUT2D eigenvalue weighted by molar-refractivity contribution is 0.600. The molecule has 0 aliphatic rings. The van der Waals surface area contributed by atoms with Crippen molar-refractivity contribution in [2.24, 2.45) is 3.77 Å². The molecule has 0 aromatic rings. The number of sulfonamides is 1. The lowest BCUT2D eigenvalue weighted by atomic mass is 10.6. The van der Waals surface area contributed by atoms with Gasteiger partial charge in [-0.05, 0) is 20.8 Å². The predicted molar refractivity (Wildman–Crippen MR) is 44.4 cm³/mol. The Balaban J connectivity index is 4.15. The molecule has 0 aromatic carbocycles. The van der Waals surface area contributed by atoms with Crippen LogP contribution in [0.1, 0.15) is 20.8 Å². The topological polar surface area (TPSA) is 46.5 Å². The number of hydrogen-bond acceptors (Lipinski definition) is 2. The van der Waals surface area contributed by atoms with Gasteiger partial charge in [0.15, 0.2) is 0 Å². The molecule has 0 atom stereocenters. The van der Waals surface area contributed by atoms with Gasteiger partial charge in [0, 0.05) is 0 Å². The van der Waals surface area contributed by atoms with Gasteiger partial charge in [-0.2, -0.15) is 0 Å². The quantitative estimate of drug-likeness (QED) is 0.611. The Bertz CT molecular complexity index is 206. The van der Waals surface area contributed by atoms with Gasteiger partial charge >= 0.3 is 21.6 Å². The summed E-state index contributed by atoms with van der Waals surface area (Å²) in [6, 6.07) is 0. The Hall–Kier alpha value is -0.0300. The zero-order chi connectivity index (χ0) is 8.20. The second-order valence-corrected chi connectivity index (χ2v) is 5.59. The van der Waals surface area contributed by atoms with E-state index < -0.39 is 10.0 Å². The molecule has 0 saturated carbocycles. The molecule has 60 valence electrons. The van der Waals surface area contributed by atoms with E-state index in [4.69, 9.17) is 0 Å². The minimum atomic E-state index is -3.13. The summed E-state index contributed by atoms with van der Waals surface area (Å²) in [5.41, 5.74) is 0. The Kier molecular flexibility index (Phi) is 3.96. The molecule has 10 heavy (non-hydrogen) atoms. The summed E-state index contributed by atoms with van der Waals surface area (Å²) in [7, 11) is -3.13. The van der Waals surface area contributed by atoms with Crippen LogP contribution < -0.4 is 0 Å².